The fourth-order valence-electron chi connectivity index (χ4n) is 12.1. The predicted molar refractivity (Wildman–Crippen MR) is 230 cm³/mol. The normalized spacial score (nSPS) is 26.9. The Kier molecular flexibility index (Phi) is 9.33. The van der Waals surface area contributed by atoms with Crippen molar-refractivity contribution >= 4 is 22.1 Å². The van der Waals surface area contributed by atoms with Crippen LogP contribution in [0.4, 0.5) is 0 Å². The van der Waals surface area contributed by atoms with E-state index in [0.29, 0.717) is 18.0 Å². The van der Waals surface area contributed by atoms with Crippen LogP contribution in [-0.4, -0.2) is 26.0 Å². The number of benzene rings is 4. The molecule has 4 aromatic carbocycles. The third-order valence-corrected chi connectivity index (χ3v) is 15.1. The van der Waals surface area contributed by atoms with Crippen molar-refractivity contribution in [2.45, 2.75) is 140 Å². The Morgan fingerprint density at radius 2 is 1.00 bits per heavy atom. The van der Waals surface area contributed by atoms with E-state index in [9.17, 15) is 0 Å². The maximum atomic E-state index is 5.17. The second kappa shape index (κ2) is 14.9. The lowest BCUT2D eigenvalue weighted by molar-refractivity contribution is 0.277. The number of hydrogen-bond acceptors (Lipinski definition) is 3. The smallest absolute Gasteiger partial charge is 0.124 e. The lowest BCUT2D eigenvalue weighted by Crippen LogP contribution is -2.30. The van der Waals surface area contributed by atoms with Crippen molar-refractivity contribution in [3.8, 4) is 22.3 Å². The van der Waals surface area contributed by atoms with E-state index < -0.39 is 0 Å². The summed E-state index contributed by atoms with van der Waals surface area (Å²) in [5, 5.41) is 3.93. The molecular formula is C51H59N5. The first-order valence-corrected chi connectivity index (χ1v) is 22.7. The highest BCUT2D eigenvalue weighted by molar-refractivity contribution is 5.84. The van der Waals surface area contributed by atoms with Crippen molar-refractivity contribution in [2.24, 2.45) is 17.8 Å². The molecule has 0 spiro atoms. The summed E-state index contributed by atoms with van der Waals surface area (Å²) >= 11 is 0. The third-order valence-electron chi connectivity index (χ3n) is 15.1. The monoisotopic (exact) mass is 741 g/mol. The first-order chi connectivity index (χ1) is 27.7. The van der Waals surface area contributed by atoms with Gasteiger partial charge in [0.15, 0.2) is 0 Å². The molecule has 3 N–H and O–H groups in total. The van der Waals surface area contributed by atoms with Crippen LogP contribution in [0.15, 0.2) is 72.8 Å². The Labute approximate surface area is 332 Å². The van der Waals surface area contributed by atoms with Gasteiger partial charge in [-0.15, -0.1) is 0 Å². The van der Waals surface area contributed by atoms with Gasteiger partial charge < -0.3 is 15.3 Å². The maximum absolute atomic E-state index is 5.17. The van der Waals surface area contributed by atoms with Crippen LogP contribution in [0.5, 0.6) is 0 Å². The zero-order valence-corrected chi connectivity index (χ0v) is 33.2. The number of imidazole rings is 2. The Bertz CT molecular complexity index is 2170. The van der Waals surface area contributed by atoms with Crippen LogP contribution in [0.2, 0.25) is 0 Å². The highest BCUT2D eigenvalue weighted by atomic mass is 15.1. The van der Waals surface area contributed by atoms with Gasteiger partial charge in [-0.3, -0.25) is 0 Å². The fourth-order valence-corrected chi connectivity index (χ4v) is 12.1. The van der Waals surface area contributed by atoms with E-state index in [1.165, 1.54) is 158 Å². The van der Waals surface area contributed by atoms with E-state index in [4.69, 9.17) is 9.97 Å². The number of nitrogens with one attached hydrogen (secondary N) is 3. The molecular weight excluding hydrogens is 683 g/mol. The third kappa shape index (κ3) is 6.82. The predicted octanol–water partition coefficient (Wildman–Crippen LogP) is 12.5. The first-order valence-electron chi connectivity index (χ1n) is 22.7. The highest BCUT2D eigenvalue weighted by Crippen LogP contribution is 2.49. The molecule has 5 heteroatoms. The molecule has 4 fully saturated rings. The van der Waals surface area contributed by atoms with Gasteiger partial charge in [0.2, 0.25) is 0 Å². The molecule has 1 saturated heterocycles. The van der Waals surface area contributed by atoms with Crippen molar-refractivity contribution in [3.05, 3.63) is 107 Å². The molecule has 0 radical (unpaired) electrons. The van der Waals surface area contributed by atoms with Crippen LogP contribution in [0.25, 0.3) is 44.3 Å². The maximum Gasteiger partial charge on any atom is 0.124 e. The number of aromatic amines is 2. The van der Waals surface area contributed by atoms with Gasteiger partial charge in [-0.1, -0.05) is 87.1 Å². The van der Waals surface area contributed by atoms with Gasteiger partial charge in [-0.2, -0.15) is 0 Å². The van der Waals surface area contributed by atoms with Gasteiger partial charge in [0.05, 0.1) is 28.1 Å². The summed E-state index contributed by atoms with van der Waals surface area (Å²) in [6, 6.07) is 29.7. The number of rotatable bonds is 4. The average molecular weight is 742 g/mol. The molecule has 14 rings (SSSR count). The molecule has 288 valence electrons. The number of H-pyrrole nitrogens is 2. The minimum Gasteiger partial charge on any atom is -0.342 e. The number of nitrogens with zero attached hydrogens (tertiary/aromatic N) is 2. The summed E-state index contributed by atoms with van der Waals surface area (Å²) in [5.74, 6) is 5.64. The molecule has 3 saturated carbocycles. The Balaban J connectivity index is 0.819. The Morgan fingerprint density at radius 1 is 0.464 bits per heavy atom. The zero-order valence-electron chi connectivity index (χ0n) is 33.2. The molecule has 4 bridgehead atoms. The molecule has 1 unspecified atom stereocenters. The van der Waals surface area contributed by atoms with Crippen molar-refractivity contribution < 1.29 is 0 Å². The van der Waals surface area contributed by atoms with E-state index in [1.807, 2.05) is 0 Å². The van der Waals surface area contributed by atoms with Gasteiger partial charge >= 0.3 is 0 Å². The molecule has 6 atom stereocenters. The average Bonchev–Trinajstić information content (AvgIpc) is 4.04. The molecule has 56 heavy (non-hydrogen) atoms. The van der Waals surface area contributed by atoms with Crippen molar-refractivity contribution in [1.82, 2.24) is 25.3 Å². The summed E-state index contributed by atoms with van der Waals surface area (Å²) < 4.78 is 0. The molecule has 8 aliphatic rings. The van der Waals surface area contributed by atoms with Crippen LogP contribution in [-0.2, 0) is 25.7 Å². The summed E-state index contributed by atoms with van der Waals surface area (Å²) in [4.78, 5) is 17.9. The van der Waals surface area contributed by atoms with Crippen LogP contribution < -0.4 is 5.32 Å². The lowest BCUT2D eigenvalue weighted by Gasteiger charge is -2.24. The Hall–Kier alpha value is -4.22. The van der Waals surface area contributed by atoms with Crippen LogP contribution >= 0.6 is 0 Å². The zero-order chi connectivity index (χ0) is 37.0. The van der Waals surface area contributed by atoms with E-state index in [2.05, 4.69) is 88.1 Å². The van der Waals surface area contributed by atoms with Crippen molar-refractivity contribution in [2.75, 3.05) is 0 Å². The molecule has 2 aromatic heterocycles. The van der Waals surface area contributed by atoms with E-state index >= 15 is 0 Å². The van der Waals surface area contributed by atoms with Gasteiger partial charge in [0, 0.05) is 12.0 Å². The quantitative estimate of drug-likeness (QED) is 0.168. The second-order valence-electron chi connectivity index (χ2n) is 18.7. The first kappa shape index (κ1) is 35.0. The van der Waals surface area contributed by atoms with E-state index in [0.717, 1.165) is 60.3 Å². The number of aromatic nitrogens is 4. The topological polar surface area (TPSA) is 69.4 Å². The molecule has 0 amide bonds. The molecule has 5 nitrogen and oxygen atoms in total. The Morgan fingerprint density at radius 3 is 1.61 bits per heavy atom. The fraction of sp³-hybridized carbons (Fsp3) is 0.490. The van der Waals surface area contributed by atoms with Gasteiger partial charge in [-0.05, 0) is 170 Å². The number of hydrogen-bond donors (Lipinski definition) is 3. The highest BCUT2D eigenvalue weighted by Gasteiger charge is 2.38. The van der Waals surface area contributed by atoms with Crippen molar-refractivity contribution in [1.29, 1.82) is 0 Å². The molecule has 7 aliphatic carbocycles. The molecule has 3 heterocycles. The minimum atomic E-state index is 0.357. The minimum absolute atomic E-state index is 0.357. The number of aryl methyl sites for hydroxylation is 4. The molecule has 6 aromatic rings. The number of fused-ring (bicyclic) bond motifs is 4. The summed E-state index contributed by atoms with van der Waals surface area (Å²) in [7, 11) is 0. The van der Waals surface area contributed by atoms with Gasteiger partial charge in [-0.25, -0.2) is 9.97 Å². The second-order valence-corrected chi connectivity index (χ2v) is 18.7. The molecule has 1 aliphatic heterocycles. The van der Waals surface area contributed by atoms with Crippen LogP contribution in [0.1, 0.15) is 142 Å². The summed E-state index contributed by atoms with van der Waals surface area (Å²) in [6.45, 7) is 0. The van der Waals surface area contributed by atoms with E-state index in [1.54, 1.807) is 0 Å². The summed E-state index contributed by atoms with van der Waals surface area (Å²) in [6.07, 6.45) is 24.2. The van der Waals surface area contributed by atoms with E-state index in [-0.39, 0.29) is 0 Å². The largest absolute Gasteiger partial charge is 0.342 e. The lowest BCUT2D eigenvalue weighted by atomic mass is 9.82. The standard InChI is InChI=1S/C51H59N5/c1-3-11-34-19-17-32(25-42(34)38-21-23-45-47(29-38)55-50(53-45)41-27-36-13-5-6-14-37(36)28-41)9-2-4-12-35-20-18-33(10-1)26-43(35)39-22-24-46-48(30-39)56-51(54-46)49-31-40-15-7-8-16-44(40)52-49/h17-26,29-30,36-37,40-41,44,49,52H,1-16,27-28,31H2,(H,53,55)(H,54,56)/t36-,37+,40-,41?,44-,49-/m0/s1. The van der Waals surface area contributed by atoms with Gasteiger partial charge in [0.1, 0.15) is 11.6 Å². The van der Waals surface area contributed by atoms with Gasteiger partial charge in [0.25, 0.3) is 0 Å². The van der Waals surface area contributed by atoms with Crippen LogP contribution in [0, 0.1) is 17.8 Å². The van der Waals surface area contributed by atoms with Crippen molar-refractivity contribution in [3.63, 3.8) is 0 Å². The summed E-state index contributed by atoms with van der Waals surface area (Å²) in [5.41, 5.74) is 16.0. The van der Waals surface area contributed by atoms with Crippen LogP contribution in [0.3, 0.4) is 0 Å². The SMILES string of the molecule is c1cc2c(-c3ccc4nc(C5C[C@H]6CCCC[C@H]6C5)[nH]c4c3)cc1CCCCc1ccc(cc1-c1ccc3nc([C@@H]4C[C@@H]5CCCC[C@@H]5N4)[nH]c3c1)CCCC2.